The topological polar surface area (TPSA) is 77.4 Å². The van der Waals surface area contributed by atoms with E-state index in [0.29, 0.717) is 24.7 Å². The van der Waals surface area contributed by atoms with Gasteiger partial charge in [-0.15, -0.1) is 0 Å². The molecule has 100 valence electrons. The predicted molar refractivity (Wildman–Crippen MR) is 63.2 cm³/mol. The fourth-order valence-electron chi connectivity index (χ4n) is 3.42. The molecule has 0 atom stereocenters. The lowest BCUT2D eigenvalue weighted by Crippen LogP contribution is -2.43. The molecule has 0 unspecified atom stereocenters. The highest BCUT2D eigenvalue weighted by Crippen LogP contribution is 2.42. The summed E-state index contributed by atoms with van der Waals surface area (Å²) in [6.07, 6.45) is 7.92. The van der Waals surface area contributed by atoms with Crippen molar-refractivity contribution in [2.24, 2.45) is 11.8 Å². The van der Waals surface area contributed by atoms with Gasteiger partial charge in [0.1, 0.15) is 10.1 Å². The molecule has 4 nitrogen and oxygen atoms in total. The third-order valence-electron chi connectivity index (χ3n) is 4.59. The Balaban J connectivity index is 1.93. The summed E-state index contributed by atoms with van der Waals surface area (Å²) in [5.41, 5.74) is 0. The fourth-order valence-corrected chi connectivity index (χ4v) is 4.15. The molecule has 2 aliphatic carbocycles. The van der Waals surface area contributed by atoms with Crippen LogP contribution in [0.25, 0.3) is 0 Å². The minimum Gasteiger partial charge on any atom is -0.746 e. The maximum atomic E-state index is 11.0. The number of rotatable bonds is 2. The van der Waals surface area contributed by atoms with Gasteiger partial charge in [-0.05, 0) is 37.5 Å². The average Bonchev–Trinajstić information content (AvgIpc) is 2.30. The molecule has 0 spiro atoms. The Morgan fingerprint density at radius 3 is 1.88 bits per heavy atom. The van der Waals surface area contributed by atoms with Crippen molar-refractivity contribution in [2.45, 2.75) is 62.7 Å². The fraction of sp³-hybridized carbons (Fsp3) is 1.00. The first-order valence-corrected chi connectivity index (χ1v) is 8.01. The van der Waals surface area contributed by atoms with Gasteiger partial charge in [-0.2, -0.15) is 0 Å². The largest absolute Gasteiger partial charge is 0.746 e. The van der Waals surface area contributed by atoms with Crippen LogP contribution in [0.4, 0.5) is 0 Å². The molecule has 0 heterocycles. The highest BCUT2D eigenvalue weighted by Gasteiger charge is 2.40. The second-order valence-corrected chi connectivity index (χ2v) is 7.30. The summed E-state index contributed by atoms with van der Waals surface area (Å²) in [7, 11) is -4.57. The lowest BCUT2D eigenvalue weighted by molar-refractivity contribution is 0.0389. The van der Waals surface area contributed by atoms with Crippen LogP contribution in [-0.4, -0.2) is 23.0 Å². The van der Waals surface area contributed by atoms with E-state index in [2.05, 4.69) is 0 Å². The molecule has 0 amide bonds. The van der Waals surface area contributed by atoms with Crippen molar-refractivity contribution in [1.29, 1.82) is 0 Å². The molecule has 0 saturated heterocycles. The Bertz CT molecular complexity index is 349. The van der Waals surface area contributed by atoms with Gasteiger partial charge in [0.05, 0.1) is 0 Å². The van der Waals surface area contributed by atoms with Gasteiger partial charge < -0.3 is 9.66 Å². The van der Waals surface area contributed by atoms with E-state index in [1.807, 2.05) is 0 Å². The van der Waals surface area contributed by atoms with E-state index in [1.54, 1.807) is 0 Å². The first-order valence-electron chi connectivity index (χ1n) is 6.60. The van der Waals surface area contributed by atoms with E-state index in [-0.39, 0.29) is 12.8 Å². The van der Waals surface area contributed by atoms with Crippen LogP contribution in [0.3, 0.4) is 0 Å². The van der Waals surface area contributed by atoms with Crippen LogP contribution >= 0.6 is 0 Å². The van der Waals surface area contributed by atoms with Crippen molar-refractivity contribution in [3.63, 3.8) is 0 Å². The summed E-state index contributed by atoms with van der Waals surface area (Å²) in [4.78, 5) is -1.99. The van der Waals surface area contributed by atoms with Crippen molar-refractivity contribution in [3.8, 4) is 0 Å². The molecule has 2 rings (SSSR count). The Morgan fingerprint density at radius 1 is 0.941 bits per heavy atom. The van der Waals surface area contributed by atoms with E-state index >= 15 is 0 Å². The van der Waals surface area contributed by atoms with Crippen LogP contribution in [0.5, 0.6) is 0 Å². The molecule has 2 saturated carbocycles. The Morgan fingerprint density at radius 2 is 1.41 bits per heavy atom. The lowest BCUT2D eigenvalue weighted by atomic mass is 9.73. The Kier molecular flexibility index (Phi) is 3.80. The second-order valence-electron chi connectivity index (χ2n) is 5.64. The molecular weight excluding hydrogens is 240 g/mol. The zero-order valence-electron chi connectivity index (χ0n) is 10.1. The zero-order chi connectivity index (χ0) is 12.5. The summed E-state index contributed by atoms with van der Waals surface area (Å²) in [5, 5.41) is 9.82. The van der Waals surface area contributed by atoms with Gasteiger partial charge >= 0.3 is 0 Å². The average molecular weight is 261 g/mol. The zero-order valence-corrected chi connectivity index (χ0v) is 10.9. The lowest BCUT2D eigenvalue weighted by Gasteiger charge is -2.41. The predicted octanol–water partition coefficient (Wildman–Crippen LogP) is 1.99. The first-order chi connectivity index (χ1) is 7.92. The summed E-state index contributed by atoms with van der Waals surface area (Å²) >= 11 is 0. The third kappa shape index (κ3) is 2.83. The molecule has 0 aromatic carbocycles. The van der Waals surface area contributed by atoms with Crippen LogP contribution in [0, 0.1) is 11.8 Å². The third-order valence-corrected chi connectivity index (χ3v) is 5.93. The highest BCUT2D eigenvalue weighted by atomic mass is 32.2. The van der Waals surface area contributed by atoms with Gasteiger partial charge in [0.25, 0.3) is 0 Å². The minimum absolute atomic E-state index is 0.125. The van der Waals surface area contributed by atoms with Gasteiger partial charge in [0, 0.05) is 0 Å². The van der Waals surface area contributed by atoms with Gasteiger partial charge in [0.2, 0.25) is 0 Å². The monoisotopic (exact) mass is 261 g/mol. The second kappa shape index (κ2) is 4.86. The van der Waals surface area contributed by atoms with Crippen LogP contribution in [0.1, 0.15) is 57.8 Å². The molecule has 0 aromatic rings. The maximum absolute atomic E-state index is 11.0. The van der Waals surface area contributed by atoms with Gasteiger partial charge in [0.15, 0.2) is 4.93 Å². The molecule has 17 heavy (non-hydrogen) atoms. The van der Waals surface area contributed by atoms with E-state index in [4.69, 9.17) is 0 Å². The van der Waals surface area contributed by atoms with Crippen molar-refractivity contribution in [3.05, 3.63) is 0 Å². The first kappa shape index (κ1) is 13.3. The van der Waals surface area contributed by atoms with Crippen molar-refractivity contribution in [2.75, 3.05) is 0 Å². The molecular formula is C12H21O4S-. The summed E-state index contributed by atoms with van der Waals surface area (Å²) < 4.78 is 33.0. The van der Waals surface area contributed by atoms with Gasteiger partial charge in [-0.3, -0.25) is 0 Å². The van der Waals surface area contributed by atoms with Gasteiger partial charge in [-0.1, -0.05) is 32.1 Å². The molecule has 0 bridgehead atoms. The summed E-state index contributed by atoms with van der Waals surface area (Å²) in [5.74, 6) is 1.19. The van der Waals surface area contributed by atoms with Crippen LogP contribution in [0.2, 0.25) is 0 Å². The van der Waals surface area contributed by atoms with Gasteiger partial charge in [-0.25, -0.2) is 8.42 Å². The molecule has 2 fully saturated rings. The van der Waals surface area contributed by atoms with Crippen molar-refractivity contribution >= 4 is 10.1 Å². The van der Waals surface area contributed by atoms with Crippen LogP contribution in [-0.2, 0) is 10.1 Å². The normalized spacial score (nSPS) is 36.9. The van der Waals surface area contributed by atoms with Crippen LogP contribution < -0.4 is 0 Å². The molecule has 0 aliphatic heterocycles. The minimum atomic E-state index is -4.57. The molecule has 5 heteroatoms. The van der Waals surface area contributed by atoms with Crippen LogP contribution in [0.15, 0.2) is 0 Å². The number of hydrogen-bond donors (Lipinski definition) is 1. The molecule has 0 aromatic heterocycles. The van der Waals surface area contributed by atoms with E-state index in [9.17, 15) is 18.1 Å². The van der Waals surface area contributed by atoms with E-state index < -0.39 is 15.1 Å². The van der Waals surface area contributed by atoms with E-state index in [0.717, 1.165) is 0 Å². The molecule has 0 radical (unpaired) electrons. The standard InChI is InChI=1S/C12H22O4S/c13-12(17(14,15)16)8-6-11(7-9-12)10-4-2-1-3-5-10/h10-11,13H,1-9H2,(H,14,15,16)/p-1. The maximum Gasteiger partial charge on any atom is 0.154 e. The van der Waals surface area contributed by atoms with Crippen molar-refractivity contribution < 1.29 is 18.1 Å². The highest BCUT2D eigenvalue weighted by molar-refractivity contribution is 7.86. The summed E-state index contributed by atoms with van der Waals surface area (Å²) in [6, 6.07) is 0. The smallest absolute Gasteiger partial charge is 0.154 e. The van der Waals surface area contributed by atoms with E-state index in [1.165, 1.54) is 32.1 Å². The van der Waals surface area contributed by atoms with Crippen molar-refractivity contribution in [1.82, 2.24) is 0 Å². The Labute approximate surface area is 103 Å². The number of aliphatic hydroxyl groups is 1. The molecule has 2 aliphatic rings. The molecule has 1 N–H and O–H groups in total. The Hall–Kier alpha value is -0.130. The summed E-state index contributed by atoms with van der Waals surface area (Å²) in [6.45, 7) is 0. The quantitative estimate of drug-likeness (QED) is 0.771. The number of hydrogen-bond acceptors (Lipinski definition) is 4. The SMILES string of the molecule is O=S(=O)([O-])C1(O)CCC(C2CCCCC2)CC1.